The fraction of sp³-hybridized carbons (Fsp3) is 0.281. The number of nitrogens with zero attached hydrogens (tertiary/aromatic N) is 1. The highest BCUT2D eigenvalue weighted by atomic mass is 16.5. The fourth-order valence-electron chi connectivity index (χ4n) is 4.73. The number of carbonyl (C=O) groups is 3. The maximum absolute atomic E-state index is 13.5. The minimum Gasteiger partial charge on any atom is -0.508 e. The van der Waals surface area contributed by atoms with Crippen LogP contribution >= 0.6 is 0 Å². The fourth-order valence-corrected chi connectivity index (χ4v) is 4.73. The van der Waals surface area contributed by atoms with E-state index >= 15 is 0 Å². The Hall–Kier alpha value is -4.59. The summed E-state index contributed by atoms with van der Waals surface area (Å²) in [4.78, 5) is 40.9. The predicted octanol–water partition coefficient (Wildman–Crippen LogP) is 5.89. The number of rotatable bonds is 6. The lowest BCUT2D eigenvalue weighted by molar-refractivity contribution is -0.132. The lowest BCUT2D eigenvalue weighted by Crippen LogP contribution is -2.29. The third-order valence-electron chi connectivity index (χ3n) is 6.64. The lowest BCUT2D eigenvalue weighted by atomic mass is 9.84. The second kappa shape index (κ2) is 10.9. The average molecular weight is 544 g/mol. The highest BCUT2D eigenvalue weighted by Gasteiger charge is 2.47. The minimum atomic E-state index is -1.03. The van der Waals surface area contributed by atoms with Crippen molar-refractivity contribution in [2.75, 3.05) is 12.0 Å². The van der Waals surface area contributed by atoms with Gasteiger partial charge in [0, 0.05) is 16.8 Å². The molecule has 0 saturated carbocycles. The molecule has 0 bridgehead atoms. The van der Waals surface area contributed by atoms with Crippen molar-refractivity contribution in [3.05, 3.63) is 94.6 Å². The second-order valence-electron chi connectivity index (χ2n) is 10.9. The highest BCUT2D eigenvalue weighted by Crippen LogP contribution is 2.43. The van der Waals surface area contributed by atoms with E-state index < -0.39 is 23.7 Å². The quantitative estimate of drug-likeness (QED) is 0.172. The molecule has 1 amide bonds. The second-order valence-corrected chi connectivity index (χ2v) is 10.9. The summed E-state index contributed by atoms with van der Waals surface area (Å²) in [5.74, 6) is -2.02. The van der Waals surface area contributed by atoms with Crippen LogP contribution in [-0.4, -0.2) is 41.1 Å². The van der Waals surface area contributed by atoms with Crippen molar-refractivity contribution in [3.63, 3.8) is 0 Å². The van der Waals surface area contributed by atoms with Crippen LogP contribution in [0.2, 0.25) is 0 Å². The molecule has 4 rings (SSSR count). The SMILES string of the molecule is COc1ccc(/C(O)=C2/C(=O)C(=O)N(c3cccc(C(=O)OC(C)C)c3)C2c2ccc(O)cc2)cc1C(C)(C)C. The molecule has 3 aromatic rings. The molecule has 40 heavy (non-hydrogen) atoms. The van der Waals surface area contributed by atoms with E-state index in [9.17, 15) is 24.6 Å². The summed E-state index contributed by atoms with van der Waals surface area (Å²) in [5.41, 5.74) is 1.68. The number of aromatic hydroxyl groups is 1. The first-order valence-electron chi connectivity index (χ1n) is 12.9. The molecule has 8 heteroatoms. The number of amides is 1. The van der Waals surface area contributed by atoms with Crippen molar-refractivity contribution >= 4 is 29.1 Å². The number of carbonyl (C=O) groups excluding carboxylic acids is 3. The molecule has 0 spiro atoms. The van der Waals surface area contributed by atoms with Crippen LogP contribution in [0, 0.1) is 0 Å². The van der Waals surface area contributed by atoms with E-state index in [4.69, 9.17) is 9.47 Å². The van der Waals surface area contributed by atoms with Gasteiger partial charge in [-0.15, -0.1) is 0 Å². The van der Waals surface area contributed by atoms with E-state index in [2.05, 4.69) is 0 Å². The molecule has 1 fully saturated rings. The van der Waals surface area contributed by atoms with E-state index in [0.717, 1.165) is 5.56 Å². The van der Waals surface area contributed by atoms with E-state index in [0.29, 0.717) is 16.9 Å². The van der Waals surface area contributed by atoms with Gasteiger partial charge in [-0.25, -0.2) is 4.79 Å². The van der Waals surface area contributed by atoms with Gasteiger partial charge in [-0.2, -0.15) is 0 Å². The van der Waals surface area contributed by atoms with Gasteiger partial charge in [-0.1, -0.05) is 39.0 Å². The van der Waals surface area contributed by atoms with Crippen LogP contribution in [0.1, 0.15) is 67.7 Å². The van der Waals surface area contributed by atoms with Gasteiger partial charge in [-0.05, 0) is 73.4 Å². The zero-order valence-electron chi connectivity index (χ0n) is 23.4. The van der Waals surface area contributed by atoms with Crippen LogP contribution in [0.15, 0.2) is 72.3 Å². The molecule has 1 unspecified atom stereocenters. The van der Waals surface area contributed by atoms with Crippen molar-refractivity contribution in [2.24, 2.45) is 0 Å². The normalized spacial score (nSPS) is 16.9. The van der Waals surface area contributed by atoms with Crippen LogP contribution in [0.25, 0.3) is 5.76 Å². The Bertz CT molecular complexity index is 1500. The number of phenols is 1. The van der Waals surface area contributed by atoms with E-state index in [1.165, 1.54) is 23.1 Å². The van der Waals surface area contributed by atoms with Crippen LogP contribution in [0.3, 0.4) is 0 Å². The largest absolute Gasteiger partial charge is 0.508 e. The van der Waals surface area contributed by atoms with Crippen molar-refractivity contribution in [3.8, 4) is 11.5 Å². The lowest BCUT2D eigenvalue weighted by Gasteiger charge is -2.26. The van der Waals surface area contributed by atoms with Crippen LogP contribution < -0.4 is 9.64 Å². The molecule has 1 atom stereocenters. The first-order valence-corrected chi connectivity index (χ1v) is 12.9. The van der Waals surface area contributed by atoms with Crippen molar-refractivity contribution in [1.82, 2.24) is 0 Å². The number of anilines is 1. The Morgan fingerprint density at radius 3 is 2.23 bits per heavy atom. The first kappa shape index (κ1) is 28.4. The number of ether oxygens (including phenoxy) is 2. The average Bonchev–Trinajstić information content (AvgIpc) is 3.17. The number of hydrogen-bond donors (Lipinski definition) is 2. The number of phenolic OH excluding ortho intramolecular Hbond substituents is 1. The van der Waals surface area contributed by atoms with Gasteiger partial charge in [0.05, 0.1) is 30.4 Å². The van der Waals surface area contributed by atoms with Crippen molar-refractivity contribution < 1.29 is 34.1 Å². The Labute approximate surface area is 233 Å². The molecule has 0 radical (unpaired) electrons. The van der Waals surface area contributed by atoms with Crippen LogP contribution in [0.5, 0.6) is 11.5 Å². The summed E-state index contributed by atoms with van der Waals surface area (Å²) in [5, 5.41) is 21.5. The number of benzene rings is 3. The molecule has 3 aromatic carbocycles. The number of ketones is 1. The monoisotopic (exact) mass is 543 g/mol. The molecule has 0 aromatic heterocycles. The summed E-state index contributed by atoms with van der Waals surface area (Å²) in [7, 11) is 1.56. The minimum absolute atomic E-state index is 0.00380. The smallest absolute Gasteiger partial charge is 0.338 e. The molecule has 8 nitrogen and oxygen atoms in total. The van der Waals surface area contributed by atoms with Crippen LogP contribution in [-0.2, 0) is 19.7 Å². The Kier molecular flexibility index (Phi) is 7.73. The topological polar surface area (TPSA) is 113 Å². The molecule has 1 saturated heterocycles. The van der Waals surface area contributed by atoms with Crippen molar-refractivity contribution in [1.29, 1.82) is 0 Å². The maximum atomic E-state index is 13.5. The maximum Gasteiger partial charge on any atom is 0.338 e. The molecule has 1 heterocycles. The summed E-state index contributed by atoms with van der Waals surface area (Å²) >= 11 is 0. The van der Waals surface area contributed by atoms with Gasteiger partial charge in [0.2, 0.25) is 0 Å². The number of Topliss-reactive ketones (excluding diaryl/α,β-unsaturated/α-hetero) is 1. The number of esters is 1. The molecular weight excluding hydrogens is 510 g/mol. The number of methoxy groups -OCH3 is 1. The predicted molar refractivity (Wildman–Crippen MR) is 152 cm³/mol. The highest BCUT2D eigenvalue weighted by molar-refractivity contribution is 6.51. The number of aliphatic hydroxyl groups is 1. The Morgan fingerprint density at radius 2 is 1.62 bits per heavy atom. The van der Waals surface area contributed by atoms with Gasteiger partial charge in [0.1, 0.15) is 17.3 Å². The van der Waals surface area contributed by atoms with Crippen LogP contribution in [0.4, 0.5) is 5.69 Å². The summed E-state index contributed by atoms with van der Waals surface area (Å²) in [6, 6.07) is 16.4. The standard InChI is InChI=1S/C32H33NO7/c1-18(2)40-31(38)21-8-7-9-22(16-21)33-27(19-10-13-23(34)14-11-19)26(29(36)30(33)37)28(35)20-12-15-25(39-6)24(17-20)32(3,4)5/h7-18,27,34-35H,1-6H3/b28-26-. The Morgan fingerprint density at radius 1 is 0.950 bits per heavy atom. The summed E-state index contributed by atoms with van der Waals surface area (Å²) < 4.78 is 10.8. The third-order valence-corrected chi connectivity index (χ3v) is 6.64. The first-order chi connectivity index (χ1) is 18.8. The molecule has 0 aliphatic carbocycles. The van der Waals surface area contributed by atoms with Gasteiger partial charge in [0.25, 0.3) is 11.7 Å². The molecule has 2 N–H and O–H groups in total. The van der Waals surface area contributed by atoms with Gasteiger partial charge in [-0.3, -0.25) is 14.5 Å². The zero-order valence-corrected chi connectivity index (χ0v) is 23.4. The van der Waals surface area contributed by atoms with Crippen molar-refractivity contribution in [2.45, 2.75) is 52.2 Å². The zero-order chi connectivity index (χ0) is 29.4. The van der Waals surface area contributed by atoms with Gasteiger partial charge >= 0.3 is 5.97 Å². The number of aliphatic hydroxyl groups excluding tert-OH is 1. The van der Waals surface area contributed by atoms with E-state index in [1.807, 2.05) is 20.8 Å². The van der Waals surface area contributed by atoms with E-state index in [-0.39, 0.29) is 39.9 Å². The third kappa shape index (κ3) is 5.43. The molecule has 208 valence electrons. The molecule has 1 aliphatic rings. The molecular formula is C32H33NO7. The summed E-state index contributed by atoms with van der Waals surface area (Å²) in [6.07, 6.45) is -0.343. The van der Waals surface area contributed by atoms with E-state index in [1.54, 1.807) is 69.5 Å². The summed E-state index contributed by atoms with van der Waals surface area (Å²) in [6.45, 7) is 9.47. The Balaban J connectivity index is 1.92. The molecule has 1 aliphatic heterocycles. The van der Waals surface area contributed by atoms with Gasteiger partial charge < -0.3 is 19.7 Å². The number of hydrogen-bond acceptors (Lipinski definition) is 7. The van der Waals surface area contributed by atoms with Gasteiger partial charge in [0.15, 0.2) is 0 Å².